The molecule has 0 saturated carbocycles. The molecule has 23 heavy (non-hydrogen) atoms. The molecule has 0 amide bonds. The fourth-order valence-corrected chi connectivity index (χ4v) is 2.26. The van der Waals surface area contributed by atoms with Gasteiger partial charge in [0.2, 0.25) is 0 Å². The van der Waals surface area contributed by atoms with E-state index in [1.165, 1.54) is 19.2 Å². The van der Waals surface area contributed by atoms with Crippen LogP contribution >= 0.6 is 0 Å². The Morgan fingerprint density at radius 2 is 1.96 bits per heavy atom. The van der Waals surface area contributed by atoms with Crippen LogP contribution in [0.15, 0.2) is 41.5 Å². The minimum absolute atomic E-state index is 0.154. The van der Waals surface area contributed by atoms with Crippen LogP contribution in [0, 0.1) is 0 Å². The van der Waals surface area contributed by atoms with Crippen molar-refractivity contribution >= 4 is 17.5 Å². The molecule has 1 N–H and O–H groups in total. The summed E-state index contributed by atoms with van der Waals surface area (Å²) in [6, 6.07) is 8.63. The molecule has 3 rings (SSSR count). The van der Waals surface area contributed by atoms with Gasteiger partial charge in [-0.1, -0.05) is 0 Å². The van der Waals surface area contributed by atoms with Crippen molar-refractivity contribution in [2.45, 2.75) is 12.7 Å². The Bertz CT molecular complexity index is 708. The molecule has 0 atom stereocenters. The zero-order valence-electron chi connectivity index (χ0n) is 12.2. The molecule has 1 aliphatic heterocycles. The average Bonchev–Trinajstić information content (AvgIpc) is 2.98. The van der Waals surface area contributed by atoms with E-state index in [1.54, 1.807) is 18.3 Å². The molecular formula is C15H14F3N3O2. The summed E-state index contributed by atoms with van der Waals surface area (Å²) in [4.78, 5) is 9.19. The number of hydrogen-bond acceptors (Lipinski definition) is 4. The maximum Gasteiger partial charge on any atom is 0.422 e. The van der Waals surface area contributed by atoms with Crippen LogP contribution in [0.25, 0.3) is 0 Å². The summed E-state index contributed by atoms with van der Waals surface area (Å²) in [6.07, 6.45) is -2.56. The lowest BCUT2D eigenvalue weighted by Gasteiger charge is -2.27. The summed E-state index contributed by atoms with van der Waals surface area (Å²) in [6.45, 7) is -0.762. The van der Waals surface area contributed by atoms with Gasteiger partial charge in [-0.15, -0.1) is 0 Å². The van der Waals surface area contributed by atoms with Gasteiger partial charge in [-0.25, -0.2) is 0 Å². The van der Waals surface area contributed by atoms with E-state index in [-0.39, 0.29) is 5.75 Å². The number of benzene rings is 1. The lowest BCUT2D eigenvalue weighted by atomic mass is 10.2. The molecule has 5 nitrogen and oxygen atoms in total. The molecule has 2 aromatic rings. The second-order valence-electron chi connectivity index (χ2n) is 4.93. The van der Waals surface area contributed by atoms with Crippen molar-refractivity contribution in [2.75, 3.05) is 18.6 Å². The molecular weight excluding hydrogens is 311 g/mol. The van der Waals surface area contributed by atoms with Crippen molar-refractivity contribution in [3.63, 3.8) is 0 Å². The summed E-state index contributed by atoms with van der Waals surface area (Å²) in [5.41, 5.74) is 1.75. The third-order valence-corrected chi connectivity index (χ3v) is 3.31. The summed E-state index contributed by atoms with van der Waals surface area (Å²) in [5, 5.41) is 0. The Kier molecular flexibility index (Phi) is 3.89. The van der Waals surface area contributed by atoms with E-state index in [2.05, 4.69) is 9.98 Å². The smallest absolute Gasteiger partial charge is 0.422 e. The molecule has 0 radical (unpaired) electrons. The van der Waals surface area contributed by atoms with Crippen molar-refractivity contribution < 1.29 is 22.6 Å². The molecule has 122 valence electrons. The summed E-state index contributed by atoms with van der Waals surface area (Å²) < 4.78 is 46.4. The van der Waals surface area contributed by atoms with E-state index in [9.17, 15) is 13.2 Å². The minimum atomic E-state index is -4.36. The number of nitrogens with one attached hydrogen (secondary N) is 1. The van der Waals surface area contributed by atoms with Crippen molar-refractivity contribution in [2.24, 2.45) is 4.99 Å². The normalized spacial score (nSPS) is 14.3. The highest BCUT2D eigenvalue weighted by Gasteiger charge is 2.28. The predicted octanol–water partition coefficient (Wildman–Crippen LogP) is 3.61. The Hall–Kier alpha value is -2.64. The van der Waals surface area contributed by atoms with Crippen molar-refractivity contribution in [3.05, 3.63) is 42.1 Å². The number of methoxy groups -OCH3 is 1. The standard InChI is InChI=1S/C15H14F3N3O2/c1-22-14-20-13-10(6-7-19-13)8-21(14)11-2-4-12(5-3-11)23-9-15(16,17)18/h2-7,19H,8-9H2,1H3. The predicted molar refractivity (Wildman–Crippen MR) is 79.1 cm³/mol. The lowest BCUT2D eigenvalue weighted by molar-refractivity contribution is -0.153. The number of aromatic amines is 1. The SMILES string of the molecule is COC1=Nc2[nH]ccc2CN1c1ccc(OCC(F)(F)F)cc1. The second kappa shape index (κ2) is 5.86. The Morgan fingerprint density at radius 3 is 2.61 bits per heavy atom. The summed E-state index contributed by atoms with van der Waals surface area (Å²) in [5.74, 6) is 0.893. The van der Waals surface area contributed by atoms with Gasteiger partial charge in [0.15, 0.2) is 6.61 Å². The van der Waals surface area contributed by atoms with Gasteiger partial charge in [0.05, 0.1) is 13.7 Å². The van der Waals surface area contributed by atoms with Crippen LogP contribution in [0.5, 0.6) is 5.75 Å². The largest absolute Gasteiger partial charge is 0.484 e. The van der Waals surface area contributed by atoms with Crippen LogP contribution in [-0.2, 0) is 11.3 Å². The van der Waals surface area contributed by atoms with Gasteiger partial charge in [-0.05, 0) is 30.3 Å². The number of hydrogen-bond donors (Lipinski definition) is 1. The Morgan fingerprint density at radius 1 is 1.22 bits per heavy atom. The maximum atomic E-state index is 12.2. The average molecular weight is 325 g/mol. The van der Waals surface area contributed by atoms with Gasteiger partial charge in [0.1, 0.15) is 11.6 Å². The van der Waals surface area contributed by atoms with Gasteiger partial charge in [0, 0.05) is 17.4 Å². The molecule has 0 unspecified atom stereocenters. The number of alkyl halides is 3. The zero-order valence-corrected chi connectivity index (χ0v) is 12.2. The highest BCUT2D eigenvalue weighted by atomic mass is 19.4. The summed E-state index contributed by atoms with van der Waals surface area (Å²) in [7, 11) is 1.51. The van der Waals surface area contributed by atoms with Gasteiger partial charge in [-0.3, -0.25) is 4.90 Å². The third kappa shape index (κ3) is 3.41. The van der Waals surface area contributed by atoms with E-state index in [4.69, 9.17) is 9.47 Å². The first-order chi connectivity index (χ1) is 11.0. The maximum absolute atomic E-state index is 12.2. The highest BCUT2D eigenvalue weighted by Crippen LogP contribution is 2.30. The molecule has 0 spiro atoms. The molecule has 1 aromatic carbocycles. The van der Waals surface area contributed by atoms with Crippen molar-refractivity contribution in [1.82, 2.24) is 4.98 Å². The molecule has 2 heterocycles. The van der Waals surface area contributed by atoms with E-state index in [0.717, 1.165) is 17.1 Å². The number of aromatic nitrogens is 1. The van der Waals surface area contributed by atoms with Crippen molar-refractivity contribution in [1.29, 1.82) is 0 Å². The number of nitrogens with zero attached hydrogens (tertiary/aromatic N) is 2. The van der Waals surface area contributed by atoms with Crippen LogP contribution in [0.3, 0.4) is 0 Å². The van der Waals surface area contributed by atoms with Gasteiger partial charge in [0.25, 0.3) is 6.02 Å². The third-order valence-electron chi connectivity index (χ3n) is 3.31. The topological polar surface area (TPSA) is 49.8 Å². The first-order valence-electron chi connectivity index (χ1n) is 6.82. The number of halogens is 3. The lowest BCUT2D eigenvalue weighted by Crippen LogP contribution is -2.33. The minimum Gasteiger partial charge on any atom is -0.484 e. The van der Waals surface area contributed by atoms with E-state index >= 15 is 0 Å². The molecule has 0 aliphatic carbocycles. The fourth-order valence-electron chi connectivity index (χ4n) is 2.26. The molecule has 0 bridgehead atoms. The van der Waals surface area contributed by atoms with Crippen molar-refractivity contribution in [3.8, 4) is 5.75 Å². The quantitative estimate of drug-likeness (QED) is 0.938. The number of rotatable bonds is 3. The Labute approximate surface area is 130 Å². The molecule has 0 fully saturated rings. The van der Waals surface area contributed by atoms with Crippen LogP contribution in [0.2, 0.25) is 0 Å². The monoisotopic (exact) mass is 325 g/mol. The highest BCUT2D eigenvalue weighted by molar-refractivity contribution is 5.95. The van der Waals surface area contributed by atoms with Crippen LogP contribution in [-0.4, -0.2) is 30.9 Å². The number of H-pyrrole nitrogens is 1. The second-order valence-corrected chi connectivity index (χ2v) is 4.93. The van der Waals surface area contributed by atoms with Crippen LogP contribution < -0.4 is 9.64 Å². The number of fused-ring (bicyclic) bond motifs is 1. The Balaban J connectivity index is 1.77. The molecule has 1 aliphatic rings. The summed E-state index contributed by atoms with van der Waals surface area (Å²) >= 11 is 0. The van der Waals surface area contributed by atoms with Gasteiger partial charge in [-0.2, -0.15) is 18.2 Å². The van der Waals surface area contributed by atoms with E-state index < -0.39 is 12.8 Å². The number of anilines is 1. The molecule has 8 heteroatoms. The van der Waals surface area contributed by atoms with E-state index in [0.29, 0.717) is 12.6 Å². The number of amidine groups is 1. The van der Waals surface area contributed by atoms with E-state index in [1.807, 2.05) is 11.0 Å². The van der Waals surface area contributed by atoms with Gasteiger partial charge < -0.3 is 14.5 Å². The first kappa shape index (κ1) is 15.3. The number of ether oxygens (including phenoxy) is 2. The van der Waals surface area contributed by atoms with Crippen LogP contribution in [0.4, 0.5) is 24.7 Å². The van der Waals surface area contributed by atoms with Crippen LogP contribution in [0.1, 0.15) is 5.56 Å². The molecule has 1 aromatic heterocycles. The fraction of sp³-hybridized carbons (Fsp3) is 0.267. The number of aliphatic imine (C=N–C) groups is 1. The zero-order chi connectivity index (χ0) is 16.4. The van der Waals surface area contributed by atoms with Gasteiger partial charge >= 0.3 is 6.18 Å². The molecule has 0 saturated heterocycles. The first-order valence-corrected chi connectivity index (χ1v) is 6.82.